The lowest BCUT2D eigenvalue weighted by Gasteiger charge is -2.09. The normalized spacial score (nSPS) is 11.0. The molecule has 0 aliphatic heterocycles. The second-order valence-corrected chi connectivity index (χ2v) is 5.67. The monoisotopic (exact) mass is 347 g/mol. The van der Waals surface area contributed by atoms with Crippen LogP contribution in [0.5, 0.6) is 5.88 Å². The van der Waals surface area contributed by atoms with Crippen molar-refractivity contribution in [3.63, 3.8) is 0 Å². The summed E-state index contributed by atoms with van der Waals surface area (Å²) in [6.07, 6.45) is 1.18. The highest BCUT2D eigenvalue weighted by Crippen LogP contribution is 2.27. The zero-order chi connectivity index (χ0) is 17.7. The van der Waals surface area contributed by atoms with Crippen LogP contribution < -0.4 is 5.56 Å². The van der Waals surface area contributed by atoms with Crippen LogP contribution in [0.3, 0.4) is 0 Å². The van der Waals surface area contributed by atoms with E-state index in [1.807, 2.05) is 0 Å². The van der Waals surface area contributed by atoms with Crippen LogP contribution in [0.25, 0.3) is 0 Å². The molecule has 8 heteroatoms. The van der Waals surface area contributed by atoms with E-state index in [-0.39, 0.29) is 11.6 Å². The second kappa shape index (κ2) is 7.80. The fourth-order valence-electron chi connectivity index (χ4n) is 1.89. The maximum Gasteiger partial charge on any atom is 0.281 e. The van der Waals surface area contributed by atoms with Crippen molar-refractivity contribution in [3.8, 4) is 5.88 Å². The summed E-state index contributed by atoms with van der Waals surface area (Å²) < 4.78 is 5.93. The molecule has 2 aromatic rings. The first-order valence-corrected chi connectivity index (χ1v) is 7.71. The van der Waals surface area contributed by atoms with E-state index < -0.39 is 5.56 Å². The van der Waals surface area contributed by atoms with Gasteiger partial charge in [-0.25, -0.2) is 0 Å². The van der Waals surface area contributed by atoms with Gasteiger partial charge in [0, 0.05) is 17.5 Å². The molecule has 1 heterocycles. The molecule has 0 aliphatic carbocycles. The summed E-state index contributed by atoms with van der Waals surface area (Å²) in [6.45, 7) is 6.81. The average molecular weight is 347 g/mol. The quantitative estimate of drug-likeness (QED) is 0.211. The van der Waals surface area contributed by atoms with Crippen molar-refractivity contribution in [3.05, 3.63) is 58.6 Å². The Morgan fingerprint density at radius 1 is 1.21 bits per heavy atom. The average Bonchev–Trinajstić information content (AvgIpc) is 2.60. The topological polar surface area (TPSA) is 85.4 Å². The Balaban J connectivity index is 2.23. The molecule has 1 aromatic heterocycles. The van der Waals surface area contributed by atoms with Crippen molar-refractivity contribution in [1.82, 2.24) is 4.57 Å². The molecule has 0 fully saturated rings. The van der Waals surface area contributed by atoms with Crippen LogP contribution in [-0.4, -0.2) is 9.67 Å². The van der Waals surface area contributed by atoms with Gasteiger partial charge in [-0.1, -0.05) is 6.58 Å². The molecular formula is C16H17N3O4S. The van der Waals surface area contributed by atoms with E-state index in [2.05, 4.69) is 21.7 Å². The third kappa shape index (κ3) is 3.84. The molecule has 1 aromatic carbocycles. The smallest absolute Gasteiger partial charge is 0.281 e. The summed E-state index contributed by atoms with van der Waals surface area (Å²) >= 11 is 1.03. The van der Waals surface area contributed by atoms with Crippen LogP contribution >= 0.6 is 12.0 Å². The number of pyridine rings is 1. The van der Waals surface area contributed by atoms with E-state index >= 15 is 0 Å². The Morgan fingerprint density at radius 2 is 1.88 bits per heavy atom. The van der Waals surface area contributed by atoms with Crippen molar-refractivity contribution in [2.75, 3.05) is 0 Å². The van der Waals surface area contributed by atoms with Gasteiger partial charge in [0.25, 0.3) is 5.56 Å². The predicted octanol–water partition coefficient (Wildman–Crippen LogP) is 4.22. The van der Waals surface area contributed by atoms with E-state index in [9.17, 15) is 9.90 Å². The lowest BCUT2D eigenvalue weighted by atomic mass is 10.1. The van der Waals surface area contributed by atoms with Crippen molar-refractivity contribution in [2.24, 2.45) is 17.3 Å². The molecule has 0 atom stereocenters. The molecule has 126 valence electrons. The molecule has 0 bridgehead atoms. The Morgan fingerprint density at radius 3 is 2.50 bits per heavy atom. The van der Waals surface area contributed by atoms with Crippen molar-refractivity contribution < 1.29 is 14.3 Å². The van der Waals surface area contributed by atoms with Crippen LogP contribution in [0.4, 0.5) is 11.4 Å². The number of rotatable bonds is 6. The maximum atomic E-state index is 12.2. The van der Waals surface area contributed by atoms with Gasteiger partial charge >= 0.3 is 0 Å². The maximum absolute atomic E-state index is 12.2. The van der Waals surface area contributed by atoms with E-state index in [0.717, 1.165) is 21.5 Å². The molecule has 0 aliphatic rings. The Labute approximate surface area is 143 Å². The van der Waals surface area contributed by atoms with E-state index in [1.165, 1.54) is 13.3 Å². The molecule has 0 radical (unpaired) electrons. The largest absolute Gasteiger partial charge is 0.494 e. The first kappa shape index (κ1) is 17.8. The van der Waals surface area contributed by atoms with Gasteiger partial charge in [-0.2, -0.15) is 5.11 Å². The Kier molecular flexibility index (Phi) is 5.78. The number of hydrogen-bond donors (Lipinski definition) is 1. The second-order valence-electron chi connectivity index (χ2n) is 4.89. The lowest BCUT2D eigenvalue weighted by molar-refractivity contribution is -0.129. The fourth-order valence-corrected chi connectivity index (χ4v) is 2.31. The molecule has 0 saturated carbocycles. The number of azo groups is 1. The van der Waals surface area contributed by atoms with Gasteiger partial charge in [0.05, 0.1) is 17.7 Å². The van der Waals surface area contributed by atoms with Crippen molar-refractivity contribution in [1.29, 1.82) is 0 Å². The van der Waals surface area contributed by atoms with Gasteiger partial charge in [0.1, 0.15) is 6.26 Å². The first-order valence-electron chi connectivity index (χ1n) is 6.97. The number of hydrogen-bond acceptors (Lipinski definition) is 7. The summed E-state index contributed by atoms with van der Waals surface area (Å²) in [4.78, 5) is 17.6. The minimum absolute atomic E-state index is 0.0698. The van der Waals surface area contributed by atoms with Gasteiger partial charge in [0.2, 0.25) is 0 Å². The Bertz CT molecular complexity index is 829. The van der Waals surface area contributed by atoms with Crippen molar-refractivity contribution >= 4 is 23.4 Å². The molecule has 7 nitrogen and oxygen atoms in total. The predicted molar refractivity (Wildman–Crippen MR) is 91.7 cm³/mol. The highest BCUT2D eigenvalue weighted by Gasteiger charge is 2.13. The number of aromatic hydroxyl groups is 1. The third-order valence-electron chi connectivity index (χ3n) is 3.42. The molecule has 0 unspecified atom stereocenters. The number of nitrogens with zero attached hydrogens (tertiary/aromatic N) is 3. The molecule has 0 saturated heterocycles. The van der Waals surface area contributed by atoms with E-state index in [1.54, 1.807) is 38.1 Å². The summed E-state index contributed by atoms with van der Waals surface area (Å²) in [5.74, 6) is -0.0698. The minimum atomic E-state index is -0.401. The van der Waals surface area contributed by atoms with E-state index in [4.69, 9.17) is 4.33 Å². The van der Waals surface area contributed by atoms with Crippen LogP contribution in [0, 0.1) is 13.8 Å². The molecule has 0 amide bonds. The summed E-state index contributed by atoms with van der Waals surface area (Å²) in [7, 11) is 1.49. The van der Waals surface area contributed by atoms with Crippen LogP contribution in [0.1, 0.15) is 11.1 Å². The van der Waals surface area contributed by atoms with Crippen LogP contribution in [0.15, 0.2) is 57.0 Å². The number of aromatic nitrogens is 1. The zero-order valence-electron chi connectivity index (χ0n) is 13.5. The van der Waals surface area contributed by atoms with E-state index in [0.29, 0.717) is 16.8 Å². The Hall–Kier alpha value is -2.58. The molecular weight excluding hydrogens is 330 g/mol. The molecule has 2 rings (SSSR count). The zero-order valence-corrected chi connectivity index (χ0v) is 14.3. The van der Waals surface area contributed by atoms with Crippen molar-refractivity contribution in [2.45, 2.75) is 18.7 Å². The molecule has 24 heavy (non-hydrogen) atoms. The van der Waals surface area contributed by atoms with Crippen LogP contribution in [-0.2, 0) is 16.3 Å². The van der Waals surface area contributed by atoms with Crippen LogP contribution in [0.2, 0.25) is 0 Å². The van der Waals surface area contributed by atoms with Gasteiger partial charge in [-0.3, -0.25) is 9.36 Å². The SMILES string of the molecule is C=COOSc1ccc(N=Nc2c(C)c(C)c(O)n(C)c2=O)cc1. The summed E-state index contributed by atoms with van der Waals surface area (Å²) in [6, 6.07) is 7.02. The lowest BCUT2D eigenvalue weighted by Crippen LogP contribution is -2.18. The highest BCUT2D eigenvalue weighted by atomic mass is 32.2. The fraction of sp³-hybridized carbons (Fsp3) is 0.188. The van der Waals surface area contributed by atoms with Gasteiger partial charge in [-0.15, -0.1) is 9.45 Å². The summed E-state index contributed by atoms with van der Waals surface area (Å²) in [5, 5.41) is 18.0. The third-order valence-corrected chi connectivity index (χ3v) is 4.03. The van der Waals surface area contributed by atoms with Gasteiger partial charge in [-0.05, 0) is 43.7 Å². The first-order chi connectivity index (χ1) is 11.5. The molecule has 0 spiro atoms. The number of benzene rings is 1. The van der Waals surface area contributed by atoms with Gasteiger partial charge in [0.15, 0.2) is 11.6 Å². The summed E-state index contributed by atoms with van der Waals surface area (Å²) in [5.41, 5.74) is 1.57. The van der Waals surface area contributed by atoms with Gasteiger partial charge < -0.3 is 9.99 Å². The standard InChI is InChI=1S/C16H17N3O4S/c1-5-22-23-24-13-8-6-12(7-9-13)17-18-14-10(2)11(3)15(20)19(4)16(14)21/h5-9,20H,1H2,2-4H3. The highest BCUT2D eigenvalue weighted by molar-refractivity contribution is 7.94. The minimum Gasteiger partial charge on any atom is -0.494 e. The molecule has 1 N–H and O–H groups in total.